The first-order chi connectivity index (χ1) is 6.09. The molecule has 0 fully saturated rings. The van der Waals surface area contributed by atoms with Gasteiger partial charge in [-0.15, -0.1) is 0 Å². The van der Waals surface area contributed by atoms with E-state index in [1.54, 1.807) is 12.1 Å². The number of benzene rings is 1. The molecule has 1 rings (SSSR count). The first-order valence-corrected chi connectivity index (χ1v) is 5.00. The van der Waals surface area contributed by atoms with Crippen molar-refractivity contribution in [3.8, 4) is 0 Å². The van der Waals surface area contributed by atoms with Gasteiger partial charge in [0.25, 0.3) is 0 Å². The zero-order valence-corrected chi connectivity index (χ0v) is 9.05. The number of rotatable bonds is 3. The van der Waals surface area contributed by atoms with Crippen LogP contribution in [0.15, 0.2) is 24.3 Å². The van der Waals surface area contributed by atoms with Gasteiger partial charge in [0, 0.05) is 5.02 Å². The van der Waals surface area contributed by atoms with Gasteiger partial charge in [-0.25, -0.2) is 0 Å². The molecule has 2 nitrogen and oxygen atoms in total. The lowest BCUT2D eigenvalue weighted by Crippen LogP contribution is -2.15. The van der Waals surface area contributed by atoms with E-state index in [0.717, 1.165) is 5.56 Å². The maximum absolute atomic E-state index is 10.5. The van der Waals surface area contributed by atoms with Crippen LogP contribution in [0.1, 0.15) is 5.56 Å². The number of carbonyl (C=O) groups is 1. The van der Waals surface area contributed by atoms with Gasteiger partial charge in [0.15, 0.2) is 0 Å². The zero-order valence-electron chi connectivity index (χ0n) is 6.71. The molecule has 0 aliphatic heterocycles. The van der Waals surface area contributed by atoms with Crippen molar-refractivity contribution < 1.29 is 9.90 Å². The van der Waals surface area contributed by atoms with Crippen LogP contribution in [-0.4, -0.2) is 15.9 Å². The van der Waals surface area contributed by atoms with Crippen LogP contribution in [-0.2, 0) is 11.2 Å². The fourth-order valence-corrected chi connectivity index (χ4v) is 1.41. The van der Waals surface area contributed by atoms with E-state index in [1.807, 2.05) is 12.1 Å². The van der Waals surface area contributed by atoms with Crippen molar-refractivity contribution in [3.05, 3.63) is 34.9 Å². The van der Waals surface area contributed by atoms with Crippen molar-refractivity contribution in [1.29, 1.82) is 0 Å². The molecule has 0 aliphatic carbocycles. The number of hydrogen-bond acceptors (Lipinski definition) is 1. The molecule has 0 bridgehead atoms. The Kier molecular flexibility index (Phi) is 3.75. The fourth-order valence-electron chi connectivity index (χ4n) is 0.915. The molecule has 13 heavy (non-hydrogen) atoms. The van der Waals surface area contributed by atoms with Crippen LogP contribution in [0.3, 0.4) is 0 Å². The highest BCUT2D eigenvalue weighted by Crippen LogP contribution is 2.13. The van der Waals surface area contributed by atoms with E-state index >= 15 is 0 Å². The van der Waals surface area contributed by atoms with E-state index in [4.69, 9.17) is 16.7 Å². The van der Waals surface area contributed by atoms with E-state index in [0.29, 0.717) is 11.4 Å². The smallest absolute Gasteiger partial charge is 0.317 e. The van der Waals surface area contributed by atoms with Gasteiger partial charge in [-0.2, -0.15) is 0 Å². The van der Waals surface area contributed by atoms with Crippen molar-refractivity contribution in [3.63, 3.8) is 0 Å². The highest BCUT2D eigenvalue weighted by molar-refractivity contribution is 9.10. The maximum atomic E-state index is 10.5. The second-order valence-corrected chi connectivity index (χ2v) is 4.18. The molecule has 0 saturated carbocycles. The summed E-state index contributed by atoms with van der Waals surface area (Å²) in [4.78, 5) is 9.96. The molecule has 0 saturated heterocycles. The first-order valence-electron chi connectivity index (χ1n) is 3.71. The second-order valence-electron chi connectivity index (χ2n) is 2.64. The van der Waals surface area contributed by atoms with Gasteiger partial charge in [0.2, 0.25) is 0 Å². The Morgan fingerprint density at radius 3 is 2.46 bits per heavy atom. The molecule has 0 amide bonds. The molecular weight excluding hydrogens is 255 g/mol. The van der Waals surface area contributed by atoms with E-state index in [1.165, 1.54) is 0 Å². The number of aliphatic carboxylic acids is 1. The molecule has 0 spiro atoms. The Labute approximate surface area is 89.7 Å². The molecule has 0 heterocycles. The van der Waals surface area contributed by atoms with Crippen LogP contribution in [0, 0.1) is 0 Å². The number of alkyl halides is 1. The van der Waals surface area contributed by atoms with E-state index in [9.17, 15) is 4.79 Å². The van der Waals surface area contributed by atoms with Crippen LogP contribution in [0.4, 0.5) is 0 Å². The SMILES string of the molecule is O=C(O)[C@H](Br)Cc1ccc(Cl)cc1. The normalized spacial score (nSPS) is 12.5. The third kappa shape index (κ3) is 3.36. The summed E-state index contributed by atoms with van der Waals surface area (Å²) in [6.45, 7) is 0. The predicted molar refractivity (Wildman–Crippen MR) is 55.5 cm³/mol. The summed E-state index contributed by atoms with van der Waals surface area (Å²) in [5.41, 5.74) is 0.952. The largest absolute Gasteiger partial charge is 0.480 e. The second kappa shape index (κ2) is 4.63. The Morgan fingerprint density at radius 1 is 1.46 bits per heavy atom. The van der Waals surface area contributed by atoms with E-state index in [-0.39, 0.29) is 0 Å². The molecule has 1 aromatic carbocycles. The average Bonchev–Trinajstić information content (AvgIpc) is 2.08. The molecule has 0 radical (unpaired) electrons. The van der Waals surface area contributed by atoms with Gasteiger partial charge >= 0.3 is 5.97 Å². The quantitative estimate of drug-likeness (QED) is 0.852. The highest BCUT2D eigenvalue weighted by atomic mass is 79.9. The van der Waals surface area contributed by atoms with Crippen LogP contribution in [0.2, 0.25) is 5.02 Å². The van der Waals surface area contributed by atoms with Crippen LogP contribution < -0.4 is 0 Å². The van der Waals surface area contributed by atoms with E-state index < -0.39 is 10.8 Å². The molecular formula is C9H8BrClO2. The first kappa shape index (κ1) is 10.5. The molecule has 0 aliphatic rings. The summed E-state index contributed by atoms with van der Waals surface area (Å²) in [5, 5.41) is 9.28. The molecule has 1 aromatic rings. The Bertz CT molecular complexity index is 297. The van der Waals surface area contributed by atoms with Crippen LogP contribution in [0.5, 0.6) is 0 Å². The van der Waals surface area contributed by atoms with Crippen molar-refractivity contribution in [2.45, 2.75) is 11.2 Å². The summed E-state index contributed by atoms with van der Waals surface area (Å²) in [5.74, 6) is -0.852. The topological polar surface area (TPSA) is 37.3 Å². The minimum atomic E-state index is -0.852. The Morgan fingerprint density at radius 2 is 2.00 bits per heavy atom. The minimum absolute atomic E-state index is 0.465. The monoisotopic (exact) mass is 262 g/mol. The summed E-state index contributed by atoms with van der Waals surface area (Å²) >= 11 is 8.75. The summed E-state index contributed by atoms with van der Waals surface area (Å²) in [6, 6.07) is 7.13. The minimum Gasteiger partial charge on any atom is -0.480 e. The number of halogens is 2. The molecule has 4 heteroatoms. The molecule has 1 N–H and O–H groups in total. The molecule has 70 valence electrons. The van der Waals surface area contributed by atoms with Gasteiger partial charge < -0.3 is 5.11 Å². The van der Waals surface area contributed by atoms with Crippen molar-refractivity contribution in [1.82, 2.24) is 0 Å². The Hall–Kier alpha value is -0.540. The summed E-state index contributed by atoms with van der Waals surface area (Å²) in [7, 11) is 0. The van der Waals surface area contributed by atoms with Crippen LogP contribution >= 0.6 is 27.5 Å². The van der Waals surface area contributed by atoms with Gasteiger partial charge in [-0.1, -0.05) is 39.7 Å². The Balaban J connectivity index is 2.64. The van der Waals surface area contributed by atoms with Crippen molar-refractivity contribution in [2.24, 2.45) is 0 Å². The predicted octanol–water partition coefficient (Wildman–Crippen LogP) is 2.73. The molecule has 1 atom stereocenters. The van der Waals surface area contributed by atoms with Crippen LogP contribution in [0.25, 0.3) is 0 Å². The average molecular weight is 264 g/mol. The number of carboxylic acids is 1. The standard InChI is InChI=1S/C9H8BrClO2/c10-8(9(12)13)5-6-1-3-7(11)4-2-6/h1-4,8H,5H2,(H,12,13)/t8-/m1/s1. The number of carboxylic acid groups (broad SMARTS) is 1. The third-order valence-electron chi connectivity index (χ3n) is 1.60. The van der Waals surface area contributed by atoms with Gasteiger partial charge in [0.1, 0.15) is 4.83 Å². The molecule has 0 aromatic heterocycles. The zero-order chi connectivity index (χ0) is 9.84. The molecule has 0 unspecified atom stereocenters. The summed E-state index contributed by atoms with van der Waals surface area (Å²) < 4.78 is 0. The third-order valence-corrected chi connectivity index (χ3v) is 2.56. The fraction of sp³-hybridized carbons (Fsp3) is 0.222. The lowest BCUT2D eigenvalue weighted by Gasteiger charge is -2.03. The van der Waals surface area contributed by atoms with Crippen molar-refractivity contribution >= 4 is 33.5 Å². The van der Waals surface area contributed by atoms with Gasteiger partial charge in [-0.05, 0) is 24.1 Å². The maximum Gasteiger partial charge on any atom is 0.317 e. The number of hydrogen-bond donors (Lipinski definition) is 1. The lowest BCUT2D eigenvalue weighted by molar-refractivity contribution is -0.136. The highest BCUT2D eigenvalue weighted by Gasteiger charge is 2.12. The van der Waals surface area contributed by atoms with E-state index in [2.05, 4.69) is 15.9 Å². The van der Waals surface area contributed by atoms with Crippen molar-refractivity contribution in [2.75, 3.05) is 0 Å². The summed E-state index contributed by atoms with van der Waals surface area (Å²) in [6.07, 6.45) is 0.465. The van der Waals surface area contributed by atoms with Gasteiger partial charge in [-0.3, -0.25) is 4.79 Å². The van der Waals surface area contributed by atoms with Gasteiger partial charge in [0.05, 0.1) is 0 Å². The lowest BCUT2D eigenvalue weighted by atomic mass is 10.1.